The number of hydrogen-bond acceptors (Lipinski definition) is 1. The van der Waals surface area contributed by atoms with Crippen molar-refractivity contribution in [3.63, 3.8) is 0 Å². The van der Waals surface area contributed by atoms with Crippen molar-refractivity contribution in [1.82, 2.24) is 0 Å². The molecule has 1 heteroatoms. The lowest BCUT2D eigenvalue weighted by Gasteiger charge is -2.24. The molecule has 2 aliphatic carbocycles. The molecule has 0 N–H and O–H groups in total. The first-order chi connectivity index (χ1) is 5.34. The van der Waals surface area contributed by atoms with Gasteiger partial charge in [-0.2, -0.15) is 0 Å². The second kappa shape index (κ2) is 2.96. The summed E-state index contributed by atoms with van der Waals surface area (Å²) in [6.07, 6.45) is 8.42. The molecule has 0 bridgehead atoms. The van der Waals surface area contributed by atoms with E-state index in [9.17, 15) is 4.79 Å². The van der Waals surface area contributed by atoms with Gasteiger partial charge in [0, 0.05) is 12.8 Å². The summed E-state index contributed by atoms with van der Waals surface area (Å²) >= 11 is 0. The number of carbonyl (C=O) groups is 1. The van der Waals surface area contributed by atoms with Crippen LogP contribution in [0.3, 0.4) is 0 Å². The standard InChI is InChI=1S/C10H16O/c11-10(7-9-4-5-9)6-8-2-1-3-8/h8-9H,1-7H2. The van der Waals surface area contributed by atoms with E-state index in [-0.39, 0.29) is 0 Å². The van der Waals surface area contributed by atoms with E-state index in [0.29, 0.717) is 5.78 Å². The normalized spacial score (nSPS) is 24.7. The average molecular weight is 152 g/mol. The Morgan fingerprint density at radius 3 is 1.91 bits per heavy atom. The number of hydrogen-bond donors (Lipinski definition) is 0. The van der Waals surface area contributed by atoms with Crippen LogP contribution in [0, 0.1) is 11.8 Å². The molecule has 2 saturated carbocycles. The average Bonchev–Trinajstić information content (AvgIpc) is 2.62. The summed E-state index contributed by atoms with van der Waals surface area (Å²) in [7, 11) is 0. The van der Waals surface area contributed by atoms with Crippen LogP contribution in [0.15, 0.2) is 0 Å². The molecule has 2 rings (SSSR count). The van der Waals surface area contributed by atoms with Crippen LogP contribution in [-0.2, 0) is 4.79 Å². The van der Waals surface area contributed by atoms with Gasteiger partial charge in [0.2, 0.25) is 0 Å². The lowest BCUT2D eigenvalue weighted by atomic mass is 9.81. The van der Waals surface area contributed by atoms with Gasteiger partial charge < -0.3 is 0 Å². The first-order valence-electron chi connectivity index (χ1n) is 4.86. The van der Waals surface area contributed by atoms with E-state index in [2.05, 4.69) is 0 Å². The molecular formula is C10H16O. The van der Waals surface area contributed by atoms with E-state index in [1.54, 1.807) is 0 Å². The topological polar surface area (TPSA) is 17.1 Å². The Labute approximate surface area is 68.2 Å². The molecule has 0 aromatic heterocycles. The van der Waals surface area contributed by atoms with Gasteiger partial charge in [0.25, 0.3) is 0 Å². The highest BCUT2D eigenvalue weighted by Gasteiger charge is 2.27. The Bertz CT molecular complexity index is 154. The van der Waals surface area contributed by atoms with E-state index in [0.717, 1.165) is 24.7 Å². The quantitative estimate of drug-likeness (QED) is 0.605. The van der Waals surface area contributed by atoms with Crippen LogP contribution < -0.4 is 0 Å². The highest BCUT2D eigenvalue weighted by Crippen LogP contribution is 2.35. The zero-order chi connectivity index (χ0) is 7.68. The second-order valence-corrected chi connectivity index (χ2v) is 4.19. The third-order valence-corrected chi connectivity index (χ3v) is 2.95. The van der Waals surface area contributed by atoms with Crippen LogP contribution in [0.5, 0.6) is 0 Å². The molecule has 0 heterocycles. The molecule has 2 aliphatic rings. The minimum Gasteiger partial charge on any atom is -0.300 e. The van der Waals surface area contributed by atoms with Crippen LogP contribution in [0.4, 0.5) is 0 Å². The lowest BCUT2D eigenvalue weighted by molar-refractivity contribution is -0.120. The first kappa shape index (κ1) is 7.33. The number of carbonyl (C=O) groups excluding carboxylic acids is 1. The van der Waals surface area contributed by atoms with Crippen molar-refractivity contribution in [3.8, 4) is 0 Å². The predicted molar refractivity (Wildman–Crippen MR) is 44.3 cm³/mol. The Morgan fingerprint density at radius 2 is 1.55 bits per heavy atom. The SMILES string of the molecule is O=C(CC1CCC1)CC1CC1. The smallest absolute Gasteiger partial charge is 0.133 e. The Balaban J connectivity index is 1.63. The minimum atomic E-state index is 0.539. The van der Waals surface area contributed by atoms with Crippen molar-refractivity contribution in [2.45, 2.75) is 44.9 Å². The summed E-state index contributed by atoms with van der Waals surface area (Å²) in [6.45, 7) is 0. The predicted octanol–water partition coefficient (Wildman–Crippen LogP) is 2.55. The van der Waals surface area contributed by atoms with Crippen molar-refractivity contribution in [2.75, 3.05) is 0 Å². The largest absolute Gasteiger partial charge is 0.300 e. The highest BCUT2D eigenvalue weighted by atomic mass is 16.1. The molecule has 0 aliphatic heterocycles. The molecule has 0 aromatic rings. The highest BCUT2D eigenvalue weighted by molar-refractivity contribution is 5.79. The fourth-order valence-electron chi connectivity index (χ4n) is 1.75. The molecule has 0 unspecified atom stereocenters. The Hall–Kier alpha value is -0.330. The van der Waals surface area contributed by atoms with Crippen LogP contribution in [0.2, 0.25) is 0 Å². The molecule has 0 atom stereocenters. The molecule has 0 radical (unpaired) electrons. The van der Waals surface area contributed by atoms with Gasteiger partial charge in [0.05, 0.1) is 0 Å². The van der Waals surface area contributed by atoms with Crippen molar-refractivity contribution >= 4 is 5.78 Å². The molecule has 0 aromatic carbocycles. The summed E-state index contributed by atoms with van der Waals surface area (Å²) in [4.78, 5) is 11.3. The second-order valence-electron chi connectivity index (χ2n) is 4.19. The third kappa shape index (κ3) is 2.05. The summed E-state index contributed by atoms with van der Waals surface area (Å²) < 4.78 is 0. The van der Waals surface area contributed by atoms with Crippen LogP contribution in [0.25, 0.3) is 0 Å². The first-order valence-corrected chi connectivity index (χ1v) is 4.86. The van der Waals surface area contributed by atoms with Gasteiger partial charge in [-0.3, -0.25) is 4.79 Å². The maximum Gasteiger partial charge on any atom is 0.133 e. The fraction of sp³-hybridized carbons (Fsp3) is 0.900. The molecular weight excluding hydrogens is 136 g/mol. The van der Waals surface area contributed by atoms with Crippen molar-refractivity contribution in [1.29, 1.82) is 0 Å². The summed E-state index contributed by atoms with van der Waals surface area (Å²) in [5, 5.41) is 0. The lowest BCUT2D eigenvalue weighted by Crippen LogP contribution is -2.15. The molecule has 0 saturated heterocycles. The zero-order valence-electron chi connectivity index (χ0n) is 7.01. The monoisotopic (exact) mass is 152 g/mol. The number of ketones is 1. The number of Topliss-reactive ketones (excluding diaryl/α,β-unsaturated/α-hetero) is 1. The maximum absolute atomic E-state index is 11.3. The van der Waals surface area contributed by atoms with Crippen molar-refractivity contribution in [3.05, 3.63) is 0 Å². The number of rotatable bonds is 4. The Morgan fingerprint density at radius 1 is 1.00 bits per heavy atom. The van der Waals surface area contributed by atoms with E-state index in [4.69, 9.17) is 0 Å². The van der Waals surface area contributed by atoms with Gasteiger partial charge in [-0.1, -0.05) is 19.3 Å². The van der Waals surface area contributed by atoms with Crippen molar-refractivity contribution in [2.24, 2.45) is 11.8 Å². The van der Waals surface area contributed by atoms with E-state index < -0.39 is 0 Å². The van der Waals surface area contributed by atoms with Gasteiger partial charge in [-0.15, -0.1) is 0 Å². The van der Waals surface area contributed by atoms with Gasteiger partial charge in [0.15, 0.2) is 0 Å². The van der Waals surface area contributed by atoms with Crippen LogP contribution in [0.1, 0.15) is 44.9 Å². The zero-order valence-corrected chi connectivity index (χ0v) is 7.01. The Kier molecular flexibility index (Phi) is 1.97. The van der Waals surface area contributed by atoms with Crippen LogP contribution in [-0.4, -0.2) is 5.78 Å². The van der Waals surface area contributed by atoms with Crippen LogP contribution >= 0.6 is 0 Å². The fourth-order valence-corrected chi connectivity index (χ4v) is 1.75. The molecule has 2 fully saturated rings. The van der Waals surface area contributed by atoms with E-state index in [1.165, 1.54) is 32.1 Å². The summed E-state index contributed by atoms with van der Waals surface area (Å²) in [5.74, 6) is 2.11. The molecule has 11 heavy (non-hydrogen) atoms. The van der Waals surface area contributed by atoms with Crippen molar-refractivity contribution < 1.29 is 4.79 Å². The molecule has 1 nitrogen and oxygen atoms in total. The maximum atomic E-state index is 11.3. The third-order valence-electron chi connectivity index (χ3n) is 2.95. The van der Waals surface area contributed by atoms with E-state index >= 15 is 0 Å². The van der Waals surface area contributed by atoms with Gasteiger partial charge >= 0.3 is 0 Å². The summed E-state index contributed by atoms with van der Waals surface area (Å²) in [5.41, 5.74) is 0. The molecule has 62 valence electrons. The van der Waals surface area contributed by atoms with Gasteiger partial charge in [-0.05, 0) is 24.7 Å². The van der Waals surface area contributed by atoms with Gasteiger partial charge in [0.1, 0.15) is 5.78 Å². The summed E-state index contributed by atoms with van der Waals surface area (Å²) in [6, 6.07) is 0. The molecule has 0 amide bonds. The minimum absolute atomic E-state index is 0.539. The van der Waals surface area contributed by atoms with Gasteiger partial charge in [-0.25, -0.2) is 0 Å². The van der Waals surface area contributed by atoms with E-state index in [1.807, 2.05) is 0 Å². The molecule has 0 spiro atoms.